The smallest absolute Gasteiger partial charge is 0.209 e. The lowest BCUT2D eigenvalue weighted by Gasteiger charge is -1.93. The molecule has 5 heteroatoms. The van der Waals surface area contributed by atoms with Crippen LogP contribution in [0.2, 0.25) is 0 Å². The highest BCUT2D eigenvalue weighted by atomic mass is 32.2. The molecule has 0 bridgehead atoms. The summed E-state index contributed by atoms with van der Waals surface area (Å²) in [7, 11) is 1.83. The number of tetrazole rings is 1. The fourth-order valence-corrected chi connectivity index (χ4v) is 1.07. The lowest BCUT2D eigenvalue weighted by Crippen LogP contribution is -1.91. The summed E-state index contributed by atoms with van der Waals surface area (Å²) in [5, 5.41) is 11.8. The summed E-state index contributed by atoms with van der Waals surface area (Å²) in [5.41, 5.74) is 0. The van der Waals surface area contributed by atoms with Gasteiger partial charge in [0.1, 0.15) is 0 Å². The van der Waals surface area contributed by atoms with Crippen molar-refractivity contribution in [3.63, 3.8) is 0 Å². The molecule has 0 saturated carbocycles. The van der Waals surface area contributed by atoms with E-state index in [2.05, 4.69) is 28.2 Å². The Labute approximate surface area is 64.0 Å². The third-order valence-electron chi connectivity index (χ3n) is 0.937. The average Bonchev–Trinajstić information content (AvgIpc) is 2.31. The van der Waals surface area contributed by atoms with E-state index < -0.39 is 0 Å². The zero-order valence-electron chi connectivity index (χ0n) is 5.98. The van der Waals surface area contributed by atoms with E-state index in [1.807, 2.05) is 7.05 Å². The zero-order chi connectivity index (χ0) is 7.40. The molecule has 0 aromatic carbocycles. The molecular weight excluding hydrogens is 148 g/mol. The summed E-state index contributed by atoms with van der Waals surface area (Å²) in [6.07, 6.45) is 1.03. The van der Waals surface area contributed by atoms with E-state index in [-0.39, 0.29) is 0 Å². The molecule has 10 heavy (non-hydrogen) atoms. The molecule has 55 valence electrons. The fourth-order valence-electron chi connectivity index (χ4n) is 0.479. The van der Waals surface area contributed by atoms with Crippen molar-refractivity contribution in [2.45, 2.75) is 18.5 Å². The first-order valence-corrected chi connectivity index (χ1v) is 3.93. The minimum absolute atomic E-state index is 0.835. The maximum absolute atomic E-state index is 3.79. The number of nitrogens with zero attached hydrogens (tertiary/aromatic N) is 4. The van der Waals surface area contributed by atoms with Crippen LogP contribution in [0, 0.1) is 5.75 Å². The van der Waals surface area contributed by atoms with Crippen LogP contribution in [0.25, 0.3) is 0 Å². The molecule has 1 radical (unpaired) electrons. The third-order valence-corrected chi connectivity index (χ3v) is 1.99. The summed E-state index contributed by atoms with van der Waals surface area (Å²) >= 11 is 1.56. The number of thioether (sulfide) groups is 1. The Balaban J connectivity index is 2.49. The van der Waals surface area contributed by atoms with E-state index in [4.69, 9.17) is 0 Å². The molecule has 0 saturated heterocycles. The highest BCUT2D eigenvalue weighted by Gasteiger charge is 1.99. The maximum Gasteiger partial charge on any atom is 0.209 e. The summed E-state index contributed by atoms with van der Waals surface area (Å²) in [4.78, 5) is 0. The normalized spacial score (nSPS) is 10.2. The first-order chi connectivity index (χ1) is 4.84. The molecule has 1 heterocycles. The number of aryl methyl sites for hydroxylation is 1. The SMILES string of the molecule is CC[CH]Sc1nnnn1C. The lowest BCUT2D eigenvalue weighted by molar-refractivity contribution is 0.665. The van der Waals surface area contributed by atoms with Gasteiger partial charge < -0.3 is 0 Å². The summed E-state index contributed by atoms with van der Waals surface area (Å²) in [6, 6.07) is 0. The largest absolute Gasteiger partial charge is 0.224 e. The van der Waals surface area contributed by atoms with Gasteiger partial charge in [-0.25, -0.2) is 4.68 Å². The molecular formula is C5H9N4S. The number of aromatic nitrogens is 4. The van der Waals surface area contributed by atoms with Crippen molar-refractivity contribution in [3.05, 3.63) is 5.75 Å². The molecule has 0 atom stereocenters. The second-order valence-electron chi connectivity index (χ2n) is 1.78. The highest BCUT2D eigenvalue weighted by Crippen LogP contribution is 2.16. The molecule has 0 aliphatic carbocycles. The standard InChI is InChI=1S/C5H9N4S/c1-3-4-10-5-6-7-8-9(5)2/h4H,3H2,1-2H3. The molecule has 1 aromatic heterocycles. The first-order valence-electron chi connectivity index (χ1n) is 3.05. The number of hydrogen-bond acceptors (Lipinski definition) is 4. The topological polar surface area (TPSA) is 43.6 Å². The van der Waals surface area contributed by atoms with Gasteiger partial charge in [0.05, 0.1) is 0 Å². The zero-order valence-corrected chi connectivity index (χ0v) is 6.80. The molecule has 4 nitrogen and oxygen atoms in total. The minimum Gasteiger partial charge on any atom is -0.224 e. The number of hydrogen-bond donors (Lipinski definition) is 0. The van der Waals surface area contributed by atoms with Crippen LogP contribution in [-0.4, -0.2) is 20.2 Å². The van der Waals surface area contributed by atoms with Crippen molar-refractivity contribution in [2.24, 2.45) is 7.05 Å². The molecule has 1 aromatic rings. The monoisotopic (exact) mass is 157 g/mol. The summed E-state index contributed by atoms with van der Waals surface area (Å²) in [6.45, 7) is 2.08. The minimum atomic E-state index is 0.835. The van der Waals surface area contributed by atoms with Crippen molar-refractivity contribution in [2.75, 3.05) is 0 Å². The Morgan fingerprint density at radius 3 is 3.00 bits per heavy atom. The van der Waals surface area contributed by atoms with Crippen LogP contribution < -0.4 is 0 Å². The maximum atomic E-state index is 3.79. The van der Waals surface area contributed by atoms with Crippen LogP contribution in [0.15, 0.2) is 5.16 Å². The van der Waals surface area contributed by atoms with E-state index in [0.717, 1.165) is 11.6 Å². The molecule has 0 fully saturated rings. The van der Waals surface area contributed by atoms with Crippen molar-refractivity contribution < 1.29 is 0 Å². The van der Waals surface area contributed by atoms with Gasteiger partial charge in [0.25, 0.3) is 0 Å². The summed E-state index contributed by atoms with van der Waals surface area (Å²) < 4.78 is 1.65. The molecule has 0 aliphatic rings. The molecule has 0 N–H and O–H groups in total. The van der Waals surface area contributed by atoms with Crippen LogP contribution in [0.4, 0.5) is 0 Å². The van der Waals surface area contributed by atoms with Crippen LogP contribution in [-0.2, 0) is 7.05 Å². The van der Waals surface area contributed by atoms with Gasteiger partial charge in [-0.2, -0.15) is 0 Å². The molecule has 0 spiro atoms. The van der Waals surface area contributed by atoms with Gasteiger partial charge >= 0.3 is 0 Å². The van der Waals surface area contributed by atoms with Crippen LogP contribution >= 0.6 is 11.8 Å². The van der Waals surface area contributed by atoms with Crippen LogP contribution in [0.5, 0.6) is 0 Å². The summed E-state index contributed by atoms with van der Waals surface area (Å²) in [5.74, 6) is 2.06. The molecule has 0 aliphatic heterocycles. The second-order valence-corrected chi connectivity index (χ2v) is 2.71. The van der Waals surface area contributed by atoms with Crippen molar-refractivity contribution in [1.29, 1.82) is 0 Å². The van der Waals surface area contributed by atoms with E-state index in [1.165, 1.54) is 0 Å². The quantitative estimate of drug-likeness (QED) is 0.611. The van der Waals surface area contributed by atoms with E-state index >= 15 is 0 Å². The third kappa shape index (κ3) is 1.70. The van der Waals surface area contributed by atoms with Gasteiger partial charge in [-0.1, -0.05) is 18.7 Å². The first kappa shape index (κ1) is 7.53. The lowest BCUT2D eigenvalue weighted by atomic mass is 10.6. The Kier molecular flexibility index (Phi) is 2.68. The van der Waals surface area contributed by atoms with Gasteiger partial charge in [0.15, 0.2) is 0 Å². The van der Waals surface area contributed by atoms with Crippen LogP contribution in [0.1, 0.15) is 13.3 Å². The molecule has 0 amide bonds. The highest BCUT2D eigenvalue weighted by molar-refractivity contribution is 8.01. The van der Waals surface area contributed by atoms with Gasteiger partial charge in [-0.3, -0.25) is 0 Å². The number of rotatable bonds is 3. The van der Waals surface area contributed by atoms with Crippen LogP contribution in [0.3, 0.4) is 0 Å². The van der Waals surface area contributed by atoms with Gasteiger partial charge in [-0.05, 0) is 16.8 Å². The Hall–Kier alpha value is -0.580. The fraction of sp³-hybridized carbons (Fsp3) is 0.600. The van der Waals surface area contributed by atoms with Crippen molar-refractivity contribution in [1.82, 2.24) is 20.2 Å². The molecule has 1 rings (SSSR count). The van der Waals surface area contributed by atoms with E-state index in [9.17, 15) is 0 Å². The Morgan fingerprint density at radius 1 is 1.70 bits per heavy atom. The van der Waals surface area contributed by atoms with E-state index in [1.54, 1.807) is 16.4 Å². The predicted molar refractivity (Wildman–Crippen MR) is 39.2 cm³/mol. The van der Waals surface area contributed by atoms with Crippen molar-refractivity contribution in [3.8, 4) is 0 Å². The van der Waals surface area contributed by atoms with Gasteiger partial charge in [0.2, 0.25) is 5.16 Å². The Bertz CT molecular complexity index is 197. The van der Waals surface area contributed by atoms with E-state index in [0.29, 0.717) is 0 Å². The van der Waals surface area contributed by atoms with Gasteiger partial charge in [0, 0.05) is 12.8 Å². The van der Waals surface area contributed by atoms with Gasteiger partial charge in [-0.15, -0.1) is 5.10 Å². The Morgan fingerprint density at radius 2 is 2.50 bits per heavy atom. The molecule has 0 unspecified atom stereocenters. The second kappa shape index (κ2) is 3.55. The average molecular weight is 157 g/mol. The van der Waals surface area contributed by atoms with Crippen molar-refractivity contribution >= 4 is 11.8 Å². The predicted octanol–water partition coefficient (Wildman–Crippen LogP) is 0.874.